The van der Waals surface area contributed by atoms with Crippen LogP contribution in [0.5, 0.6) is 0 Å². The average Bonchev–Trinajstić information content (AvgIpc) is 3.16. The molecule has 4 heterocycles. The molecule has 0 aromatic heterocycles. The van der Waals surface area contributed by atoms with Crippen LogP contribution in [0.15, 0.2) is 18.2 Å². The van der Waals surface area contributed by atoms with Gasteiger partial charge >= 0.3 is 0 Å². The zero-order valence-electron chi connectivity index (χ0n) is 15.0. The Hall–Kier alpha value is -0.810. The van der Waals surface area contributed by atoms with Gasteiger partial charge in [-0.2, -0.15) is 0 Å². The number of hydrogen-bond donors (Lipinski definition) is 3. The van der Waals surface area contributed by atoms with Gasteiger partial charge in [-0.05, 0) is 19.1 Å². The Labute approximate surface area is 161 Å². The molecule has 0 radical (unpaired) electrons. The lowest BCUT2D eigenvalue weighted by atomic mass is 9.82. The van der Waals surface area contributed by atoms with E-state index in [0.29, 0.717) is 26.5 Å². The molecule has 7 atom stereocenters. The average molecular weight is 398 g/mol. The second-order valence-electron chi connectivity index (χ2n) is 7.54. The van der Waals surface area contributed by atoms with E-state index in [0.717, 1.165) is 0 Å². The van der Waals surface area contributed by atoms with Crippen molar-refractivity contribution >= 4 is 11.8 Å². The predicted octanol–water partition coefficient (Wildman–Crippen LogP) is 1.37. The number of ether oxygens (including phenoxy) is 2. The molecule has 0 bridgehead atoms. The second kappa shape index (κ2) is 7.22. The first-order valence-corrected chi connectivity index (χ1v) is 10.4. The van der Waals surface area contributed by atoms with Crippen molar-refractivity contribution in [2.24, 2.45) is 11.8 Å². The molecule has 148 valence electrons. The molecular weight excluding hydrogens is 374 g/mol. The van der Waals surface area contributed by atoms with Crippen molar-refractivity contribution in [3.8, 4) is 0 Å². The summed E-state index contributed by atoms with van der Waals surface area (Å²) in [7, 11) is 0. The molecule has 4 fully saturated rings. The third-order valence-corrected chi connectivity index (χ3v) is 7.60. The SMILES string of the molecule is C[C@@H]1NC(c2c(F)cccc2F)C2C3COCCOC3SC2N2NCNC12. The monoisotopic (exact) mass is 398 g/mol. The second-order valence-corrected chi connectivity index (χ2v) is 8.76. The highest BCUT2D eigenvalue weighted by Gasteiger charge is 2.56. The Balaban J connectivity index is 1.60. The van der Waals surface area contributed by atoms with Crippen LogP contribution < -0.4 is 16.1 Å². The number of rotatable bonds is 1. The summed E-state index contributed by atoms with van der Waals surface area (Å²) in [5, 5.41) is 9.17. The standard InChI is InChI=1S/C18H24F2N4O2S/c1-9-16-21-8-22-24(16)17-13(10-7-25-5-6-26-18(10)27-17)15(23-9)14-11(19)3-2-4-12(14)20/h2-4,9-10,13,15-18,21-23H,5-8H2,1H3/t9-,10?,13?,15?,16?,17?,18?/m0/s1. The van der Waals surface area contributed by atoms with Gasteiger partial charge in [0.1, 0.15) is 17.1 Å². The van der Waals surface area contributed by atoms with E-state index in [1.807, 2.05) is 6.92 Å². The van der Waals surface area contributed by atoms with Gasteiger partial charge in [-0.25, -0.2) is 19.2 Å². The molecule has 0 saturated carbocycles. The number of hydrogen-bond acceptors (Lipinski definition) is 7. The van der Waals surface area contributed by atoms with E-state index in [2.05, 4.69) is 21.1 Å². The summed E-state index contributed by atoms with van der Waals surface area (Å²) >= 11 is 1.73. The highest BCUT2D eigenvalue weighted by Crippen LogP contribution is 2.53. The number of nitrogens with zero attached hydrogens (tertiary/aromatic N) is 1. The van der Waals surface area contributed by atoms with Crippen LogP contribution in [-0.2, 0) is 9.47 Å². The van der Waals surface area contributed by atoms with Crippen LogP contribution in [0, 0.1) is 23.5 Å². The molecule has 0 spiro atoms. The first-order valence-electron chi connectivity index (χ1n) is 9.45. The van der Waals surface area contributed by atoms with E-state index in [1.165, 1.54) is 18.2 Å². The summed E-state index contributed by atoms with van der Waals surface area (Å²) in [6, 6.07) is 3.62. The van der Waals surface area contributed by atoms with E-state index in [1.54, 1.807) is 11.8 Å². The van der Waals surface area contributed by atoms with Crippen LogP contribution >= 0.6 is 11.8 Å². The lowest BCUT2D eigenvalue weighted by molar-refractivity contribution is 0.0564. The lowest BCUT2D eigenvalue weighted by Crippen LogP contribution is -2.52. The van der Waals surface area contributed by atoms with Gasteiger partial charge in [0.2, 0.25) is 0 Å². The number of fused-ring (bicyclic) bond motifs is 5. The Morgan fingerprint density at radius 3 is 2.85 bits per heavy atom. The van der Waals surface area contributed by atoms with Gasteiger partial charge in [-0.1, -0.05) is 6.07 Å². The Morgan fingerprint density at radius 1 is 1.22 bits per heavy atom. The molecule has 1 aromatic rings. The first kappa shape index (κ1) is 18.2. The van der Waals surface area contributed by atoms with E-state index in [-0.39, 0.29) is 40.4 Å². The summed E-state index contributed by atoms with van der Waals surface area (Å²) in [5.41, 5.74) is 3.48. The van der Waals surface area contributed by atoms with Crippen LogP contribution in [0.2, 0.25) is 0 Å². The third kappa shape index (κ3) is 3.00. The quantitative estimate of drug-likeness (QED) is 0.661. The smallest absolute Gasteiger partial charge is 0.130 e. The minimum Gasteiger partial charge on any atom is -0.379 e. The maximum Gasteiger partial charge on any atom is 0.130 e. The van der Waals surface area contributed by atoms with Crippen molar-refractivity contribution in [2.75, 3.05) is 26.5 Å². The largest absolute Gasteiger partial charge is 0.379 e. The molecule has 6 nitrogen and oxygen atoms in total. The lowest BCUT2D eigenvalue weighted by Gasteiger charge is -2.33. The Bertz CT molecular complexity index is 694. The molecule has 3 N–H and O–H groups in total. The van der Waals surface area contributed by atoms with E-state index >= 15 is 0 Å². The van der Waals surface area contributed by atoms with E-state index in [9.17, 15) is 8.78 Å². The first-order chi connectivity index (χ1) is 13.1. The Morgan fingerprint density at radius 2 is 2.04 bits per heavy atom. The van der Waals surface area contributed by atoms with Crippen molar-refractivity contribution in [2.45, 2.75) is 36.0 Å². The summed E-state index contributed by atoms with van der Waals surface area (Å²) < 4.78 is 41.3. The highest BCUT2D eigenvalue weighted by atomic mass is 32.2. The van der Waals surface area contributed by atoms with Gasteiger partial charge in [-0.15, -0.1) is 11.8 Å². The summed E-state index contributed by atoms with van der Waals surface area (Å²) in [6.45, 7) is 4.36. The molecule has 4 saturated heterocycles. The van der Waals surface area contributed by atoms with Gasteiger partial charge in [0.15, 0.2) is 0 Å². The number of hydrazine groups is 1. The topological polar surface area (TPSA) is 57.8 Å². The fourth-order valence-corrected chi connectivity index (χ4v) is 6.64. The molecule has 6 unspecified atom stereocenters. The summed E-state index contributed by atoms with van der Waals surface area (Å²) in [6.07, 6.45) is 0.0353. The zero-order valence-corrected chi connectivity index (χ0v) is 15.8. The minimum absolute atomic E-state index is 0.00118. The number of thioether (sulfide) groups is 1. The summed E-state index contributed by atoms with van der Waals surface area (Å²) in [4.78, 5) is 0. The van der Waals surface area contributed by atoms with Gasteiger partial charge in [0, 0.05) is 29.5 Å². The molecule has 9 heteroatoms. The van der Waals surface area contributed by atoms with Gasteiger partial charge < -0.3 is 14.8 Å². The van der Waals surface area contributed by atoms with E-state index < -0.39 is 17.7 Å². The van der Waals surface area contributed by atoms with Gasteiger partial charge in [0.05, 0.1) is 38.0 Å². The maximum atomic E-state index is 14.8. The highest BCUT2D eigenvalue weighted by molar-refractivity contribution is 8.00. The van der Waals surface area contributed by atoms with Crippen LogP contribution in [0.1, 0.15) is 18.5 Å². The van der Waals surface area contributed by atoms with Crippen molar-refractivity contribution in [3.63, 3.8) is 0 Å². The number of halogens is 2. The maximum absolute atomic E-state index is 14.8. The molecule has 4 aliphatic heterocycles. The molecule has 27 heavy (non-hydrogen) atoms. The van der Waals surface area contributed by atoms with Crippen LogP contribution in [0.4, 0.5) is 8.78 Å². The molecule has 5 rings (SSSR count). The number of nitrogens with one attached hydrogen (secondary N) is 3. The summed E-state index contributed by atoms with van der Waals surface area (Å²) in [5.74, 6) is -1.03. The number of benzene rings is 1. The fraction of sp³-hybridized carbons (Fsp3) is 0.667. The molecule has 1 aromatic carbocycles. The van der Waals surface area contributed by atoms with Crippen LogP contribution in [0.25, 0.3) is 0 Å². The third-order valence-electron chi connectivity index (χ3n) is 6.03. The molecule has 0 aliphatic carbocycles. The minimum atomic E-state index is -0.509. The molecule has 4 aliphatic rings. The van der Waals surface area contributed by atoms with Crippen molar-refractivity contribution in [1.29, 1.82) is 0 Å². The fourth-order valence-electron chi connectivity index (χ4n) is 4.85. The normalized spacial score (nSPS) is 42.1. The van der Waals surface area contributed by atoms with Crippen LogP contribution in [0.3, 0.4) is 0 Å². The van der Waals surface area contributed by atoms with Crippen molar-refractivity contribution in [3.05, 3.63) is 35.4 Å². The van der Waals surface area contributed by atoms with Crippen molar-refractivity contribution < 1.29 is 18.3 Å². The zero-order chi connectivity index (χ0) is 18.5. The van der Waals surface area contributed by atoms with Gasteiger partial charge in [0.25, 0.3) is 0 Å². The van der Waals surface area contributed by atoms with E-state index in [4.69, 9.17) is 9.47 Å². The van der Waals surface area contributed by atoms with Crippen molar-refractivity contribution in [1.82, 2.24) is 21.1 Å². The van der Waals surface area contributed by atoms with Gasteiger partial charge in [-0.3, -0.25) is 5.32 Å². The Kier molecular flexibility index (Phi) is 4.87. The molecule has 0 amide bonds. The predicted molar refractivity (Wildman–Crippen MR) is 97.4 cm³/mol. The molecular formula is C18H24F2N4O2S. The van der Waals surface area contributed by atoms with Crippen LogP contribution in [-0.4, -0.2) is 54.5 Å².